The second-order valence-corrected chi connectivity index (χ2v) is 5.21. The molecule has 2 atom stereocenters. The lowest BCUT2D eigenvalue weighted by molar-refractivity contribution is -0.134. The number of primary amides is 2. The third-order valence-corrected chi connectivity index (χ3v) is 3.66. The molecule has 0 fully saturated rings. The molecule has 5 nitrogen and oxygen atoms in total. The smallest absolute Gasteiger partial charge is 0.261 e. The van der Waals surface area contributed by atoms with E-state index in [1.54, 1.807) is 6.92 Å². The minimum Gasteiger partial charge on any atom is -0.481 e. The SMILES string of the molecule is C[C@H](C1=C(C(N)=O)CC(C)(C(N)=O)O1)c1ccccc1. The lowest BCUT2D eigenvalue weighted by Crippen LogP contribution is -2.41. The maximum absolute atomic E-state index is 11.6. The minimum atomic E-state index is -1.21. The van der Waals surface area contributed by atoms with Gasteiger partial charge in [-0.2, -0.15) is 0 Å². The topological polar surface area (TPSA) is 95.4 Å². The zero-order valence-corrected chi connectivity index (χ0v) is 11.6. The molecule has 2 amide bonds. The van der Waals surface area contributed by atoms with Crippen molar-refractivity contribution in [1.29, 1.82) is 0 Å². The van der Waals surface area contributed by atoms with Crippen molar-refractivity contribution in [2.75, 3.05) is 0 Å². The van der Waals surface area contributed by atoms with Crippen LogP contribution in [0.15, 0.2) is 41.7 Å². The molecule has 106 valence electrons. The van der Waals surface area contributed by atoms with E-state index in [2.05, 4.69) is 0 Å². The normalized spacial score (nSPS) is 23.3. The lowest BCUT2D eigenvalue weighted by Gasteiger charge is -2.23. The average molecular weight is 274 g/mol. The van der Waals surface area contributed by atoms with Crippen LogP contribution in [-0.2, 0) is 14.3 Å². The van der Waals surface area contributed by atoms with Crippen molar-refractivity contribution >= 4 is 11.8 Å². The Kier molecular flexibility index (Phi) is 3.53. The van der Waals surface area contributed by atoms with Crippen molar-refractivity contribution in [3.63, 3.8) is 0 Å². The summed E-state index contributed by atoms with van der Waals surface area (Å²) in [7, 11) is 0. The van der Waals surface area contributed by atoms with Gasteiger partial charge in [0.25, 0.3) is 5.91 Å². The van der Waals surface area contributed by atoms with E-state index in [0.717, 1.165) is 5.56 Å². The molecule has 4 N–H and O–H groups in total. The van der Waals surface area contributed by atoms with Crippen LogP contribution in [0, 0.1) is 0 Å². The van der Waals surface area contributed by atoms with Crippen LogP contribution in [0.25, 0.3) is 0 Å². The van der Waals surface area contributed by atoms with Crippen molar-refractivity contribution in [3.05, 3.63) is 47.2 Å². The van der Waals surface area contributed by atoms with E-state index in [0.29, 0.717) is 11.3 Å². The third-order valence-electron chi connectivity index (χ3n) is 3.66. The summed E-state index contributed by atoms with van der Waals surface area (Å²) < 4.78 is 5.70. The number of amides is 2. The minimum absolute atomic E-state index is 0.115. The third kappa shape index (κ3) is 2.39. The number of carbonyl (C=O) groups excluding carboxylic acids is 2. The monoisotopic (exact) mass is 274 g/mol. The van der Waals surface area contributed by atoms with E-state index in [-0.39, 0.29) is 12.3 Å². The van der Waals surface area contributed by atoms with E-state index >= 15 is 0 Å². The van der Waals surface area contributed by atoms with E-state index in [4.69, 9.17) is 16.2 Å². The predicted octanol–water partition coefficient (Wildman–Crippen LogP) is 1.19. The van der Waals surface area contributed by atoms with Crippen molar-refractivity contribution in [1.82, 2.24) is 0 Å². The number of benzene rings is 1. The number of rotatable bonds is 4. The first-order valence-electron chi connectivity index (χ1n) is 6.42. The van der Waals surface area contributed by atoms with Gasteiger partial charge in [0.05, 0.1) is 5.57 Å². The molecule has 0 spiro atoms. The van der Waals surface area contributed by atoms with Crippen molar-refractivity contribution in [2.45, 2.75) is 31.8 Å². The van der Waals surface area contributed by atoms with Gasteiger partial charge in [0.15, 0.2) is 5.60 Å². The van der Waals surface area contributed by atoms with Crippen LogP contribution in [0.1, 0.15) is 31.7 Å². The van der Waals surface area contributed by atoms with E-state index in [9.17, 15) is 9.59 Å². The molecule has 0 radical (unpaired) electrons. The Morgan fingerprint density at radius 1 is 1.25 bits per heavy atom. The van der Waals surface area contributed by atoms with Gasteiger partial charge in [-0.05, 0) is 12.5 Å². The Hall–Kier alpha value is -2.30. The van der Waals surface area contributed by atoms with Crippen LogP contribution in [0.4, 0.5) is 0 Å². The number of carbonyl (C=O) groups is 2. The summed E-state index contributed by atoms with van der Waals surface area (Å²) in [6, 6.07) is 9.57. The maximum atomic E-state index is 11.6. The van der Waals surface area contributed by atoms with Crippen LogP contribution >= 0.6 is 0 Å². The molecule has 1 aromatic rings. The van der Waals surface area contributed by atoms with E-state index in [1.165, 1.54) is 0 Å². The molecule has 0 aromatic heterocycles. The van der Waals surface area contributed by atoms with Crippen LogP contribution in [0.3, 0.4) is 0 Å². The van der Waals surface area contributed by atoms with Crippen LogP contribution < -0.4 is 11.5 Å². The van der Waals surface area contributed by atoms with Gasteiger partial charge < -0.3 is 16.2 Å². The Balaban J connectivity index is 2.39. The van der Waals surface area contributed by atoms with Gasteiger partial charge in [-0.1, -0.05) is 37.3 Å². The van der Waals surface area contributed by atoms with Crippen LogP contribution in [0.5, 0.6) is 0 Å². The number of nitrogens with two attached hydrogens (primary N) is 2. The summed E-state index contributed by atoms with van der Waals surface area (Å²) in [6.07, 6.45) is 0.115. The van der Waals surface area contributed by atoms with Gasteiger partial charge in [0.2, 0.25) is 5.91 Å². The molecular weight excluding hydrogens is 256 g/mol. The fraction of sp³-hybridized carbons (Fsp3) is 0.333. The summed E-state index contributed by atoms with van der Waals surface area (Å²) in [6.45, 7) is 3.48. The number of allylic oxidation sites excluding steroid dienone is 1. The maximum Gasteiger partial charge on any atom is 0.261 e. The molecular formula is C15H18N2O3. The molecule has 1 heterocycles. The van der Waals surface area contributed by atoms with Crippen LogP contribution in [-0.4, -0.2) is 17.4 Å². The highest BCUT2D eigenvalue weighted by molar-refractivity contribution is 5.96. The molecule has 0 saturated heterocycles. The predicted molar refractivity (Wildman–Crippen MR) is 74.4 cm³/mol. The quantitative estimate of drug-likeness (QED) is 0.863. The number of hydrogen-bond donors (Lipinski definition) is 2. The average Bonchev–Trinajstić information content (AvgIpc) is 2.79. The fourth-order valence-electron chi connectivity index (χ4n) is 2.35. The van der Waals surface area contributed by atoms with Crippen molar-refractivity contribution in [3.8, 4) is 0 Å². The van der Waals surface area contributed by atoms with Crippen molar-refractivity contribution in [2.24, 2.45) is 11.5 Å². The zero-order chi connectivity index (χ0) is 14.9. The van der Waals surface area contributed by atoms with Crippen LogP contribution in [0.2, 0.25) is 0 Å². The summed E-state index contributed by atoms with van der Waals surface area (Å²) in [5.41, 5.74) is 10.9. The molecule has 0 saturated carbocycles. The molecule has 1 aliphatic heterocycles. The Bertz CT molecular complexity index is 580. The van der Waals surface area contributed by atoms with Gasteiger partial charge >= 0.3 is 0 Å². The molecule has 1 aliphatic rings. The summed E-state index contributed by atoms with van der Waals surface area (Å²) >= 11 is 0. The van der Waals surface area contributed by atoms with Gasteiger partial charge in [-0.3, -0.25) is 9.59 Å². The summed E-state index contributed by atoms with van der Waals surface area (Å²) in [5, 5.41) is 0. The van der Waals surface area contributed by atoms with Gasteiger partial charge in [0, 0.05) is 12.3 Å². The molecule has 1 aromatic carbocycles. The second-order valence-electron chi connectivity index (χ2n) is 5.21. The van der Waals surface area contributed by atoms with E-state index in [1.807, 2.05) is 37.3 Å². The first-order valence-corrected chi connectivity index (χ1v) is 6.42. The number of ether oxygens (including phenoxy) is 1. The van der Waals surface area contributed by atoms with Gasteiger partial charge in [-0.15, -0.1) is 0 Å². The molecule has 5 heteroatoms. The highest BCUT2D eigenvalue weighted by Gasteiger charge is 2.44. The summed E-state index contributed by atoms with van der Waals surface area (Å²) in [4.78, 5) is 23.1. The fourth-order valence-corrected chi connectivity index (χ4v) is 2.35. The second kappa shape index (κ2) is 5.00. The van der Waals surface area contributed by atoms with E-state index < -0.39 is 17.4 Å². The van der Waals surface area contributed by atoms with Crippen molar-refractivity contribution < 1.29 is 14.3 Å². The zero-order valence-electron chi connectivity index (χ0n) is 11.6. The Morgan fingerprint density at radius 2 is 1.85 bits per heavy atom. The highest BCUT2D eigenvalue weighted by atomic mass is 16.5. The molecule has 0 aliphatic carbocycles. The molecule has 1 unspecified atom stereocenters. The molecule has 2 rings (SSSR count). The van der Waals surface area contributed by atoms with Gasteiger partial charge in [-0.25, -0.2) is 0 Å². The lowest BCUT2D eigenvalue weighted by atomic mass is 9.93. The highest BCUT2D eigenvalue weighted by Crippen LogP contribution is 2.40. The standard InChI is InChI=1S/C15H18N2O3/c1-9(10-6-4-3-5-7-10)12-11(13(16)18)8-15(2,20-12)14(17)19/h3-7,9H,8H2,1-2H3,(H2,16,18)(H2,17,19)/t9-,15?/m0/s1. The Labute approximate surface area is 117 Å². The first-order chi connectivity index (χ1) is 9.35. The van der Waals surface area contributed by atoms with Gasteiger partial charge in [0.1, 0.15) is 5.76 Å². The first kappa shape index (κ1) is 14.1. The Morgan fingerprint density at radius 3 is 2.35 bits per heavy atom. The molecule has 0 bridgehead atoms. The number of hydrogen-bond acceptors (Lipinski definition) is 3. The molecule has 20 heavy (non-hydrogen) atoms. The summed E-state index contributed by atoms with van der Waals surface area (Å²) in [5.74, 6) is -0.913. The largest absolute Gasteiger partial charge is 0.481 e.